The molecule has 62 heavy (non-hydrogen) atoms. The van der Waals surface area contributed by atoms with Gasteiger partial charge in [0.05, 0.1) is 0 Å². The average Bonchev–Trinajstić information content (AvgIpc) is 3.60. The number of para-hydroxylation sites is 2. The molecule has 0 aliphatic heterocycles. The standard InChI is InChI=1S/C58H41NO2S/c1-58(2)48-30-29-44-40-12-4-7-19-51(40)61-56(44)53(48)46-28-26-36(32-49(46)58)59(35-24-21-33(22-25-35)37-14-9-16-43-39-11-3-6-18-50(39)60-55(37)43)54-42-27-23-34(31-47(42)54)38-15-10-17-45-41-13-5-8-20-52(41)62-57(38)45/h3-8,10-13,15-32,42,47,54H,9,14H2,1-2H3. The largest absolute Gasteiger partial charge is 0.456 e. The summed E-state index contributed by atoms with van der Waals surface area (Å²) < 4.78 is 15.9. The lowest BCUT2D eigenvalue weighted by Gasteiger charge is -2.29. The summed E-state index contributed by atoms with van der Waals surface area (Å²) in [5.41, 5.74) is 16.5. The van der Waals surface area contributed by atoms with Gasteiger partial charge >= 0.3 is 0 Å². The predicted octanol–water partition coefficient (Wildman–Crippen LogP) is 14.2. The second-order valence-electron chi connectivity index (χ2n) is 18.2. The van der Waals surface area contributed by atoms with Crippen molar-refractivity contribution < 1.29 is 8.83 Å². The van der Waals surface area contributed by atoms with Crippen molar-refractivity contribution in [1.82, 2.24) is 0 Å². The Morgan fingerprint density at radius 2 is 1.39 bits per heavy atom. The minimum absolute atomic E-state index is 0.200. The molecule has 14 rings (SSSR count). The van der Waals surface area contributed by atoms with Gasteiger partial charge in [-0.1, -0.05) is 141 Å². The molecule has 0 radical (unpaired) electrons. The number of fused-ring (bicyclic) bond motifs is 14. The van der Waals surface area contributed by atoms with E-state index in [1.807, 2.05) is 11.3 Å². The fourth-order valence-electron chi connectivity index (χ4n) is 11.5. The molecule has 0 saturated heterocycles. The number of hydrogen-bond donors (Lipinski definition) is 0. The molecule has 296 valence electrons. The molecule has 3 aromatic heterocycles. The molecule has 0 N–H and O–H groups in total. The fraction of sp³-hybridized carbons (Fsp3) is 0.138. The van der Waals surface area contributed by atoms with Crippen LogP contribution in [0.1, 0.15) is 48.9 Å². The van der Waals surface area contributed by atoms with Crippen molar-refractivity contribution in [2.75, 3.05) is 4.90 Å². The monoisotopic (exact) mass is 815 g/mol. The summed E-state index contributed by atoms with van der Waals surface area (Å²) in [6.45, 7) is 4.76. The molecule has 10 aromatic rings. The van der Waals surface area contributed by atoms with E-state index in [1.165, 1.54) is 97.5 Å². The molecular formula is C58H41NO2S. The van der Waals surface area contributed by atoms with Crippen LogP contribution < -0.4 is 15.5 Å². The summed E-state index contributed by atoms with van der Waals surface area (Å²) in [7, 11) is 0. The predicted molar refractivity (Wildman–Crippen MR) is 259 cm³/mol. The van der Waals surface area contributed by atoms with Crippen LogP contribution in [-0.4, -0.2) is 6.04 Å². The number of anilines is 2. The molecular weight excluding hydrogens is 775 g/mol. The highest BCUT2D eigenvalue weighted by Crippen LogP contribution is 2.57. The van der Waals surface area contributed by atoms with E-state index in [2.05, 4.69) is 189 Å². The highest BCUT2D eigenvalue weighted by molar-refractivity contribution is 7.26. The van der Waals surface area contributed by atoms with Crippen LogP contribution in [-0.2, 0) is 5.41 Å². The Balaban J connectivity index is 0.904. The lowest BCUT2D eigenvalue weighted by atomic mass is 9.82. The number of rotatable bonds is 5. The van der Waals surface area contributed by atoms with Crippen molar-refractivity contribution in [2.24, 2.45) is 11.8 Å². The maximum atomic E-state index is 6.66. The van der Waals surface area contributed by atoms with Crippen LogP contribution in [0.5, 0.6) is 0 Å². The van der Waals surface area contributed by atoms with E-state index in [4.69, 9.17) is 8.83 Å². The number of hydrogen-bond acceptors (Lipinski definition) is 4. The molecule has 3 unspecified atom stereocenters. The zero-order valence-electron chi connectivity index (χ0n) is 34.5. The van der Waals surface area contributed by atoms with Gasteiger partial charge in [-0.15, -0.1) is 11.3 Å². The minimum atomic E-state index is -0.200. The number of allylic oxidation sites excluding steroid dienone is 2. The Bertz CT molecular complexity index is 3760. The highest BCUT2D eigenvalue weighted by atomic mass is 32.1. The van der Waals surface area contributed by atoms with Gasteiger partial charge in [-0.2, -0.15) is 0 Å². The van der Waals surface area contributed by atoms with Gasteiger partial charge in [0, 0.05) is 87.4 Å². The van der Waals surface area contributed by atoms with Gasteiger partial charge in [0.1, 0.15) is 22.2 Å². The smallest absolute Gasteiger partial charge is 0.143 e. The van der Waals surface area contributed by atoms with Gasteiger partial charge in [0.2, 0.25) is 0 Å². The summed E-state index contributed by atoms with van der Waals surface area (Å²) in [6.07, 6.45) is 11.8. The van der Waals surface area contributed by atoms with E-state index in [9.17, 15) is 0 Å². The maximum Gasteiger partial charge on any atom is 0.143 e. The van der Waals surface area contributed by atoms with Crippen LogP contribution in [0.25, 0.3) is 81.4 Å². The van der Waals surface area contributed by atoms with Gasteiger partial charge in [0.15, 0.2) is 0 Å². The molecule has 1 saturated carbocycles. The van der Waals surface area contributed by atoms with E-state index in [0.717, 1.165) is 35.0 Å². The molecule has 7 aromatic carbocycles. The summed E-state index contributed by atoms with van der Waals surface area (Å²) in [6, 6.07) is 54.0. The third-order valence-corrected chi connectivity index (χ3v) is 15.8. The van der Waals surface area contributed by atoms with Crippen molar-refractivity contribution in [3.63, 3.8) is 0 Å². The highest BCUT2D eigenvalue weighted by Gasteiger charge is 2.53. The molecule has 4 aliphatic carbocycles. The van der Waals surface area contributed by atoms with Crippen molar-refractivity contribution in [3.8, 4) is 11.1 Å². The van der Waals surface area contributed by atoms with Crippen LogP contribution in [0.2, 0.25) is 0 Å². The second-order valence-corrected chi connectivity index (χ2v) is 19.3. The van der Waals surface area contributed by atoms with E-state index in [1.54, 1.807) is 0 Å². The Morgan fingerprint density at radius 3 is 2.26 bits per heavy atom. The molecule has 3 heterocycles. The molecule has 0 spiro atoms. The van der Waals surface area contributed by atoms with E-state index in [-0.39, 0.29) is 11.5 Å². The van der Waals surface area contributed by atoms with Crippen LogP contribution in [0.3, 0.4) is 0 Å². The van der Waals surface area contributed by atoms with E-state index < -0.39 is 0 Å². The Morgan fingerprint density at radius 1 is 0.629 bits per heavy atom. The summed E-state index contributed by atoms with van der Waals surface area (Å²) in [5.74, 6) is 0.796. The SMILES string of the molecule is CC1(C)c2cc(N(c3ccc(C4=c5oc6ccccc6c5=CCC4)cc3)C3C4C=CC(c5cccc6c5sc5ccccc56)=CC43)ccc2-c2c1ccc1c2oc2ccccc21. The number of furan rings is 2. The van der Waals surface area contributed by atoms with Crippen LogP contribution in [0.4, 0.5) is 11.4 Å². The van der Waals surface area contributed by atoms with Gasteiger partial charge in [0.25, 0.3) is 0 Å². The first-order valence-electron chi connectivity index (χ1n) is 22.0. The molecule has 1 fully saturated rings. The lowest BCUT2D eigenvalue weighted by Crippen LogP contribution is -2.26. The van der Waals surface area contributed by atoms with Crippen LogP contribution in [0.15, 0.2) is 173 Å². The summed E-state index contributed by atoms with van der Waals surface area (Å²) >= 11 is 1.91. The quantitative estimate of drug-likeness (QED) is 0.173. The van der Waals surface area contributed by atoms with Crippen molar-refractivity contribution in [3.05, 3.63) is 197 Å². The van der Waals surface area contributed by atoms with Crippen molar-refractivity contribution in [2.45, 2.75) is 38.1 Å². The average molecular weight is 816 g/mol. The van der Waals surface area contributed by atoms with Crippen molar-refractivity contribution >= 4 is 93.0 Å². The van der Waals surface area contributed by atoms with Crippen LogP contribution >= 0.6 is 11.3 Å². The first kappa shape index (κ1) is 34.8. The number of benzene rings is 7. The topological polar surface area (TPSA) is 29.5 Å². The zero-order valence-corrected chi connectivity index (χ0v) is 35.3. The van der Waals surface area contributed by atoms with Gasteiger partial charge in [-0.3, -0.25) is 0 Å². The molecule has 3 atom stereocenters. The normalized spacial score (nSPS) is 19.4. The third-order valence-electron chi connectivity index (χ3n) is 14.6. The minimum Gasteiger partial charge on any atom is -0.456 e. The fourth-order valence-corrected chi connectivity index (χ4v) is 12.7. The molecule has 0 amide bonds. The van der Waals surface area contributed by atoms with Crippen LogP contribution in [0, 0.1) is 11.8 Å². The first-order valence-corrected chi connectivity index (χ1v) is 22.8. The summed E-state index contributed by atoms with van der Waals surface area (Å²) in [4.78, 5) is 2.64. The molecule has 3 nitrogen and oxygen atoms in total. The maximum absolute atomic E-state index is 6.66. The number of nitrogens with zero attached hydrogens (tertiary/aromatic N) is 1. The zero-order chi connectivity index (χ0) is 40.8. The van der Waals surface area contributed by atoms with E-state index in [0.29, 0.717) is 11.8 Å². The van der Waals surface area contributed by atoms with Crippen molar-refractivity contribution in [1.29, 1.82) is 0 Å². The Labute approximate surface area is 362 Å². The van der Waals surface area contributed by atoms with Gasteiger partial charge in [-0.05, 0) is 88.7 Å². The first-order chi connectivity index (χ1) is 30.5. The number of thiophene rings is 1. The molecule has 4 heteroatoms. The Hall–Kier alpha value is -6.88. The molecule has 4 aliphatic rings. The summed E-state index contributed by atoms with van der Waals surface area (Å²) in [5, 5.41) is 7.47. The second kappa shape index (κ2) is 12.6. The third kappa shape index (κ3) is 4.81. The van der Waals surface area contributed by atoms with Gasteiger partial charge in [-0.25, -0.2) is 0 Å². The molecule has 0 bridgehead atoms. The van der Waals surface area contributed by atoms with E-state index >= 15 is 0 Å². The lowest BCUT2D eigenvalue weighted by molar-refractivity contribution is 0.568. The Kier molecular flexibility index (Phi) is 7.07. The van der Waals surface area contributed by atoms with Gasteiger partial charge < -0.3 is 13.7 Å².